The third-order valence-corrected chi connectivity index (χ3v) is 3.02. The van der Waals surface area contributed by atoms with Crippen LogP contribution >= 0.6 is 0 Å². The molecule has 0 aliphatic carbocycles. The van der Waals surface area contributed by atoms with Crippen molar-refractivity contribution in [1.29, 1.82) is 0 Å². The molecule has 0 saturated heterocycles. The van der Waals surface area contributed by atoms with Gasteiger partial charge in [0.25, 0.3) is 0 Å². The van der Waals surface area contributed by atoms with Crippen LogP contribution in [-0.2, 0) is 4.79 Å². The van der Waals surface area contributed by atoms with E-state index in [0.29, 0.717) is 13.1 Å². The van der Waals surface area contributed by atoms with Crippen LogP contribution in [0.2, 0.25) is 0 Å². The first-order valence-corrected chi connectivity index (χ1v) is 6.35. The van der Waals surface area contributed by atoms with Gasteiger partial charge in [-0.2, -0.15) is 0 Å². The van der Waals surface area contributed by atoms with Crippen LogP contribution in [0.25, 0.3) is 0 Å². The minimum atomic E-state index is -0.950. The Balaban J connectivity index is 2.68. The van der Waals surface area contributed by atoms with E-state index in [-0.39, 0.29) is 18.0 Å². The van der Waals surface area contributed by atoms with Gasteiger partial charge in [0.1, 0.15) is 0 Å². The van der Waals surface area contributed by atoms with Crippen molar-refractivity contribution < 1.29 is 14.7 Å². The molecule has 0 bridgehead atoms. The Kier molecular flexibility index (Phi) is 5.36. The zero-order valence-electron chi connectivity index (χ0n) is 11.6. The Morgan fingerprint density at radius 1 is 1.26 bits per heavy atom. The fourth-order valence-corrected chi connectivity index (χ4v) is 1.85. The molecular formula is C14H20N2O3. The number of amides is 1. The quantitative estimate of drug-likeness (QED) is 0.824. The number of carbonyl (C=O) groups excluding carboxylic acids is 1. The lowest BCUT2D eigenvalue weighted by Crippen LogP contribution is -2.35. The largest absolute Gasteiger partial charge is 0.478 e. The van der Waals surface area contributed by atoms with Gasteiger partial charge in [-0.15, -0.1) is 0 Å². The van der Waals surface area contributed by atoms with Gasteiger partial charge in [0.2, 0.25) is 5.91 Å². The zero-order chi connectivity index (χ0) is 14.4. The van der Waals surface area contributed by atoms with Gasteiger partial charge < -0.3 is 15.3 Å². The summed E-state index contributed by atoms with van der Waals surface area (Å²) in [4.78, 5) is 24.4. The number of carbonyl (C=O) groups is 2. The van der Waals surface area contributed by atoms with Crippen molar-refractivity contribution in [2.45, 2.75) is 20.8 Å². The summed E-state index contributed by atoms with van der Waals surface area (Å²) < 4.78 is 0. The Hall–Kier alpha value is -2.04. The maximum atomic E-state index is 11.8. The standard InChI is InChI=1S/C14H20N2O3/c1-4-16(5-2)13(17)9-15-12-7-6-11(14(18)19)8-10(12)3/h6-8,15H,4-5,9H2,1-3H3,(H,18,19). The lowest BCUT2D eigenvalue weighted by atomic mass is 10.1. The number of anilines is 1. The second-order valence-corrected chi connectivity index (χ2v) is 4.25. The number of nitrogens with zero attached hydrogens (tertiary/aromatic N) is 1. The van der Waals surface area contributed by atoms with Crippen molar-refractivity contribution in [3.8, 4) is 0 Å². The van der Waals surface area contributed by atoms with Crippen molar-refractivity contribution in [2.24, 2.45) is 0 Å². The lowest BCUT2D eigenvalue weighted by Gasteiger charge is -2.19. The van der Waals surface area contributed by atoms with Gasteiger partial charge >= 0.3 is 5.97 Å². The van der Waals surface area contributed by atoms with Crippen LogP contribution in [0.15, 0.2) is 18.2 Å². The van der Waals surface area contributed by atoms with E-state index in [4.69, 9.17) is 5.11 Å². The highest BCUT2D eigenvalue weighted by Crippen LogP contribution is 2.16. The summed E-state index contributed by atoms with van der Waals surface area (Å²) >= 11 is 0. The van der Waals surface area contributed by atoms with Crippen molar-refractivity contribution >= 4 is 17.6 Å². The van der Waals surface area contributed by atoms with Crippen molar-refractivity contribution in [3.63, 3.8) is 0 Å². The highest BCUT2D eigenvalue weighted by Gasteiger charge is 2.10. The summed E-state index contributed by atoms with van der Waals surface area (Å²) in [5, 5.41) is 11.9. The van der Waals surface area contributed by atoms with Gasteiger partial charge in [-0.25, -0.2) is 4.79 Å². The molecule has 1 rings (SSSR count). The molecule has 0 heterocycles. The number of aromatic carboxylic acids is 1. The third kappa shape index (κ3) is 3.98. The number of rotatable bonds is 6. The second-order valence-electron chi connectivity index (χ2n) is 4.25. The van der Waals surface area contributed by atoms with E-state index >= 15 is 0 Å². The topological polar surface area (TPSA) is 69.6 Å². The van der Waals surface area contributed by atoms with Gasteiger partial charge in [0.05, 0.1) is 12.1 Å². The molecule has 0 fully saturated rings. The fourth-order valence-electron chi connectivity index (χ4n) is 1.85. The normalized spacial score (nSPS) is 10.1. The van der Waals surface area contributed by atoms with Gasteiger partial charge in [-0.3, -0.25) is 4.79 Å². The summed E-state index contributed by atoms with van der Waals surface area (Å²) in [5.41, 5.74) is 1.84. The fraction of sp³-hybridized carbons (Fsp3) is 0.429. The molecule has 19 heavy (non-hydrogen) atoms. The highest BCUT2D eigenvalue weighted by molar-refractivity contribution is 5.88. The number of likely N-dealkylation sites (N-methyl/N-ethyl adjacent to an activating group) is 1. The van der Waals surface area contributed by atoms with Crippen molar-refractivity contribution in [1.82, 2.24) is 4.90 Å². The summed E-state index contributed by atoms with van der Waals surface area (Å²) in [5.74, 6) is -0.916. The van der Waals surface area contributed by atoms with Crippen molar-refractivity contribution in [3.05, 3.63) is 29.3 Å². The van der Waals surface area contributed by atoms with E-state index in [1.807, 2.05) is 20.8 Å². The molecule has 104 valence electrons. The predicted octanol–water partition coefficient (Wildman–Crippen LogP) is 1.97. The predicted molar refractivity (Wildman–Crippen MR) is 74.6 cm³/mol. The number of hydrogen-bond donors (Lipinski definition) is 2. The molecule has 5 heteroatoms. The van der Waals surface area contributed by atoms with Crippen LogP contribution in [0.4, 0.5) is 5.69 Å². The smallest absolute Gasteiger partial charge is 0.335 e. The molecular weight excluding hydrogens is 244 g/mol. The molecule has 2 N–H and O–H groups in total. The van der Waals surface area contributed by atoms with E-state index in [1.54, 1.807) is 17.0 Å². The van der Waals surface area contributed by atoms with Crippen LogP contribution in [0, 0.1) is 6.92 Å². The van der Waals surface area contributed by atoms with E-state index in [2.05, 4.69) is 5.32 Å². The molecule has 0 unspecified atom stereocenters. The number of hydrogen-bond acceptors (Lipinski definition) is 3. The molecule has 0 aromatic heterocycles. The first-order valence-electron chi connectivity index (χ1n) is 6.35. The number of nitrogens with one attached hydrogen (secondary N) is 1. The molecule has 0 aliphatic heterocycles. The maximum Gasteiger partial charge on any atom is 0.335 e. The minimum absolute atomic E-state index is 0.0340. The van der Waals surface area contributed by atoms with Gasteiger partial charge in [-0.05, 0) is 44.5 Å². The summed E-state index contributed by atoms with van der Waals surface area (Å²) in [6.07, 6.45) is 0. The Bertz CT molecular complexity index is 468. The van der Waals surface area contributed by atoms with Crippen LogP contribution in [-0.4, -0.2) is 41.5 Å². The first-order chi connectivity index (χ1) is 8.99. The summed E-state index contributed by atoms with van der Waals surface area (Å²) in [7, 11) is 0. The number of carboxylic acid groups (broad SMARTS) is 1. The number of aryl methyl sites for hydroxylation is 1. The average Bonchev–Trinajstić information content (AvgIpc) is 2.38. The Morgan fingerprint density at radius 3 is 2.37 bits per heavy atom. The van der Waals surface area contributed by atoms with Crippen LogP contribution in [0.3, 0.4) is 0 Å². The Labute approximate surface area is 113 Å². The number of carboxylic acids is 1. The van der Waals surface area contributed by atoms with Crippen LogP contribution in [0.5, 0.6) is 0 Å². The van der Waals surface area contributed by atoms with Gasteiger partial charge in [0.15, 0.2) is 0 Å². The highest BCUT2D eigenvalue weighted by atomic mass is 16.4. The minimum Gasteiger partial charge on any atom is -0.478 e. The average molecular weight is 264 g/mol. The lowest BCUT2D eigenvalue weighted by molar-refractivity contribution is -0.128. The van der Waals surface area contributed by atoms with Crippen LogP contribution < -0.4 is 5.32 Å². The second kappa shape index (κ2) is 6.78. The maximum absolute atomic E-state index is 11.8. The molecule has 5 nitrogen and oxygen atoms in total. The molecule has 0 saturated carbocycles. The molecule has 0 atom stereocenters. The molecule has 0 aliphatic rings. The van der Waals surface area contributed by atoms with E-state index in [0.717, 1.165) is 11.3 Å². The third-order valence-electron chi connectivity index (χ3n) is 3.02. The molecule has 0 radical (unpaired) electrons. The van der Waals surface area contributed by atoms with E-state index < -0.39 is 5.97 Å². The van der Waals surface area contributed by atoms with Gasteiger partial charge in [0, 0.05) is 18.8 Å². The van der Waals surface area contributed by atoms with E-state index in [1.165, 1.54) is 6.07 Å². The monoisotopic (exact) mass is 264 g/mol. The SMILES string of the molecule is CCN(CC)C(=O)CNc1ccc(C(=O)O)cc1C. The molecule has 1 aromatic carbocycles. The first kappa shape index (κ1) is 15.0. The summed E-state index contributed by atoms with van der Waals surface area (Å²) in [6.45, 7) is 7.29. The van der Waals surface area contributed by atoms with Crippen molar-refractivity contribution in [2.75, 3.05) is 25.0 Å². The molecule has 1 aromatic rings. The van der Waals surface area contributed by atoms with E-state index in [9.17, 15) is 9.59 Å². The van der Waals surface area contributed by atoms with Crippen LogP contribution in [0.1, 0.15) is 29.8 Å². The molecule has 0 spiro atoms. The summed E-state index contributed by atoms with van der Waals surface area (Å²) in [6, 6.07) is 4.81. The zero-order valence-corrected chi connectivity index (χ0v) is 11.6. The molecule has 1 amide bonds. The number of benzene rings is 1. The van der Waals surface area contributed by atoms with Gasteiger partial charge in [-0.1, -0.05) is 0 Å². The Morgan fingerprint density at radius 2 is 1.89 bits per heavy atom.